The molecule has 1 aromatic heterocycles. The summed E-state index contributed by atoms with van der Waals surface area (Å²) in [5, 5.41) is 3.03. The van der Waals surface area contributed by atoms with Crippen molar-refractivity contribution in [1.29, 1.82) is 0 Å². The Morgan fingerprint density at radius 1 is 1.38 bits per heavy atom. The molecule has 4 heteroatoms. The number of nitrogens with one attached hydrogen (secondary N) is 1. The van der Waals surface area contributed by atoms with Crippen LogP contribution in [-0.4, -0.2) is 25.2 Å². The van der Waals surface area contributed by atoms with Gasteiger partial charge < -0.3 is 14.8 Å². The normalized spacial score (nSPS) is 14.2. The molecule has 0 radical (unpaired) electrons. The highest BCUT2D eigenvalue weighted by molar-refractivity contribution is 5.39. The maximum Gasteiger partial charge on any atom is 0.179 e. The molecule has 0 saturated heterocycles. The van der Waals surface area contributed by atoms with Gasteiger partial charge in [-0.25, -0.2) is 0 Å². The fraction of sp³-hybridized carbons (Fsp3) is 0.444. The first-order valence-corrected chi connectivity index (χ1v) is 4.29. The molecule has 0 spiro atoms. The van der Waals surface area contributed by atoms with Crippen molar-refractivity contribution < 1.29 is 9.47 Å². The lowest BCUT2D eigenvalue weighted by Gasteiger charge is -2.18. The van der Waals surface area contributed by atoms with Crippen LogP contribution >= 0.6 is 0 Å². The molecule has 1 aliphatic heterocycles. The van der Waals surface area contributed by atoms with Gasteiger partial charge in [0.15, 0.2) is 11.5 Å². The molecule has 70 valence electrons. The van der Waals surface area contributed by atoms with E-state index in [0.717, 1.165) is 23.7 Å². The molecule has 0 bridgehead atoms. The molecule has 13 heavy (non-hydrogen) atoms. The van der Waals surface area contributed by atoms with Crippen molar-refractivity contribution in [1.82, 2.24) is 10.3 Å². The van der Waals surface area contributed by atoms with E-state index in [0.29, 0.717) is 13.2 Å². The first-order valence-electron chi connectivity index (χ1n) is 4.29. The van der Waals surface area contributed by atoms with E-state index in [-0.39, 0.29) is 0 Å². The summed E-state index contributed by atoms with van der Waals surface area (Å²) in [4.78, 5) is 4.21. The van der Waals surface area contributed by atoms with Crippen LogP contribution in [0.25, 0.3) is 0 Å². The standard InChI is InChI=1S/C9H12N2O2/c1-10-5-7-4-8-9(6-11-7)13-3-2-12-8/h4,6,10H,2-3,5H2,1H3. The van der Waals surface area contributed by atoms with E-state index in [4.69, 9.17) is 9.47 Å². The molecule has 1 aromatic rings. The van der Waals surface area contributed by atoms with Gasteiger partial charge in [0.05, 0.1) is 11.9 Å². The summed E-state index contributed by atoms with van der Waals surface area (Å²) in [5.41, 5.74) is 0.965. The molecule has 2 rings (SSSR count). The maximum atomic E-state index is 5.42. The van der Waals surface area contributed by atoms with Gasteiger partial charge in [-0.15, -0.1) is 0 Å². The number of pyridine rings is 1. The summed E-state index contributed by atoms with van der Waals surface area (Å²) >= 11 is 0. The number of ether oxygens (including phenoxy) is 2. The molecule has 0 aromatic carbocycles. The van der Waals surface area contributed by atoms with E-state index >= 15 is 0 Å². The van der Waals surface area contributed by atoms with Crippen LogP contribution < -0.4 is 14.8 Å². The van der Waals surface area contributed by atoms with Crippen LogP contribution in [0.15, 0.2) is 12.3 Å². The van der Waals surface area contributed by atoms with Gasteiger partial charge in [-0.1, -0.05) is 0 Å². The molecule has 2 heterocycles. The fourth-order valence-corrected chi connectivity index (χ4v) is 1.27. The summed E-state index contributed by atoms with van der Waals surface area (Å²) in [6.07, 6.45) is 1.71. The Hall–Kier alpha value is -1.29. The SMILES string of the molecule is CNCc1cc2c(cn1)OCCO2. The highest BCUT2D eigenvalue weighted by atomic mass is 16.6. The van der Waals surface area contributed by atoms with Gasteiger partial charge in [0.25, 0.3) is 0 Å². The molecule has 0 fully saturated rings. The molecule has 0 atom stereocenters. The quantitative estimate of drug-likeness (QED) is 0.722. The van der Waals surface area contributed by atoms with E-state index in [2.05, 4.69) is 10.3 Å². The van der Waals surface area contributed by atoms with E-state index < -0.39 is 0 Å². The minimum Gasteiger partial charge on any atom is -0.486 e. The third-order valence-corrected chi connectivity index (χ3v) is 1.84. The zero-order valence-corrected chi connectivity index (χ0v) is 7.54. The molecule has 0 unspecified atom stereocenters. The third-order valence-electron chi connectivity index (χ3n) is 1.84. The predicted octanol–water partition coefficient (Wildman–Crippen LogP) is 0.572. The molecular weight excluding hydrogens is 168 g/mol. The largest absolute Gasteiger partial charge is 0.486 e. The van der Waals surface area contributed by atoms with Crippen LogP contribution in [0.2, 0.25) is 0 Å². The Morgan fingerprint density at radius 3 is 2.92 bits per heavy atom. The fourth-order valence-electron chi connectivity index (χ4n) is 1.27. The van der Waals surface area contributed by atoms with Crippen molar-refractivity contribution >= 4 is 0 Å². The van der Waals surface area contributed by atoms with Crippen molar-refractivity contribution in [2.45, 2.75) is 6.54 Å². The van der Waals surface area contributed by atoms with Crippen LogP contribution in [0.4, 0.5) is 0 Å². The first-order chi connectivity index (χ1) is 6.40. The van der Waals surface area contributed by atoms with Gasteiger partial charge in [-0.3, -0.25) is 4.98 Å². The summed E-state index contributed by atoms with van der Waals surface area (Å²) in [5.74, 6) is 1.54. The van der Waals surface area contributed by atoms with Gasteiger partial charge in [0.1, 0.15) is 13.2 Å². The number of aromatic nitrogens is 1. The minimum absolute atomic E-state index is 0.611. The maximum absolute atomic E-state index is 5.42. The minimum atomic E-state index is 0.611. The predicted molar refractivity (Wildman–Crippen MR) is 48.0 cm³/mol. The smallest absolute Gasteiger partial charge is 0.179 e. The Bertz CT molecular complexity index is 302. The van der Waals surface area contributed by atoms with Crippen LogP contribution in [-0.2, 0) is 6.54 Å². The van der Waals surface area contributed by atoms with Crippen molar-refractivity contribution in [3.8, 4) is 11.5 Å². The lowest BCUT2D eigenvalue weighted by Crippen LogP contribution is -2.16. The monoisotopic (exact) mass is 180 g/mol. The number of nitrogens with zero attached hydrogens (tertiary/aromatic N) is 1. The zero-order valence-electron chi connectivity index (χ0n) is 7.54. The van der Waals surface area contributed by atoms with E-state index in [1.807, 2.05) is 13.1 Å². The van der Waals surface area contributed by atoms with Gasteiger partial charge in [-0.2, -0.15) is 0 Å². The Labute approximate surface area is 76.9 Å². The summed E-state index contributed by atoms with van der Waals surface area (Å²) in [7, 11) is 1.89. The zero-order chi connectivity index (χ0) is 9.10. The molecule has 1 N–H and O–H groups in total. The topological polar surface area (TPSA) is 43.4 Å². The second kappa shape index (κ2) is 3.62. The van der Waals surface area contributed by atoms with E-state index in [9.17, 15) is 0 Å². The van der Waals surface area contributed by atoms with Gasteiger partial charge in [0.2, 0.25) is 0 Å². The number of fused-ring (bicyclic) bond motifs is 1. The van der Waals surface area contributed by atoms with Crippen molar-refractivity contribution in [2.75, 3.05) is 20.3 Å². The lowest BCUT2D eigenvalue weighted by atomic mass is 10.3. The first kappa shape index (κ1) is 8.31. The summed E-state index contributed by atoms with van der Waals surface area (Å²) < 4.78 is 10.8. The molecule has 0 saturated carbocycles. The average molecular weight is 180 g/mol. The molecule has 1 aliphatic rings. The van der Waals surface area contributed by atoms with Crippen LogP contribution in [0.5, 0.6) is 11.5 Å². The summed E-state index contributed by atoms with van der Waals surface area (Å²) in [6.45, 7) is 1.98. The average Bonchev–Trinajstić information content (AvgIpc) is 2.18. The summed E-state index contributed by atoms with van der Waals surface area (Å²) in [6, 6.07) is 1.91. The van der Waals surface area contributed by atoms with Crippen LogP contribution in [0, 0.1) is 0 Å². The van der Waals surface area contributed by atoms with E-state index in [1.54, 1.807) is 6.20 Å². The van der Waals surface area contributed by atoms with Crippen LogP contribution in [0.3, 0.4) is 0 Å². The Kier molecular flexibility index (Phi) is 2.31. The second-order valence-corrected chi connectivity index (χ2v) is 2.85. The Morgan fingerprint density at radius 2 is 2.15 bits per heavy atom. The number of hydrogen-bond donors (Lipinski definition) is 1. The van der Waals surface area contributed by atoms with Gasteiger partial charge >= 0.3 is 0 Å². The van der Waals surface area contributed by atoms with E-state index in [1.165, 1.54) is 0 Å². The molecule has 4 nitrogen and oxygen atoms in total. The van der Waals surface area contributed by atoms with Crippen molar-refractivity contribution in [2.24, 2.45) is 0 Å². The highest BCUT2D eigenvalue weighted by Gasteiger charge is 2.11. The van der Waals surface area contributed by atoms with Crippen LogP contribution in [0.1, 0.15) is 5.69 Å². The lowest BCUT2D eigenvalue weighted by molar-refractivity contribution is 0.170. The molecular formula is C9H12N2O2. The van der Waals surface area contributed by atoms with Gasteiger partial charge in [-0.05, 0) is 7.05 Å². The van der Waals surface area contributed by atoms with Gasteiger partial charge in [0, 0.05) is 12.6 Å². The molecule has 0 aliphatic carbocycles. The highest BCUT2D eigenvalue weighted by Crippen LogP contribution is 2.29. The number of hydrogen-bond acceptors (Lipinski definition) is 4. The third kappa shape index (κ3) is 1.72. The van der Waals surface area contributed by atoms with Crippen molar-refractivity contribution in [3.63, 3.8) is 0 Å². The molecule has 0 amide bonds. The Balaban J connectivity index is 2.24. The number of rotatable bonds is 2. The second-order valence-electron chi connectivity index (χ2n) is 2.85. The van der Waals surface area contributed by atoms with Crippen molar-refractivity contribution in [3.05, 3.63) is 18.0 Å².